The van der Waals surface area contributed by atoms with Crippen LogP contribution in [0.25, 0.3) is 10.4 Å². The summed E-state index contributed by atoms with van der Waals surface area (Å²) in [6.45, 7) is 0.961. The number of methoxy groups -OCH3 is 1. The molecule has 0 N–H and O–H groups in total. The van der Waals surface area contributed by atoms with Crippen molar-refractivity contribution in [2.45, 2.75) is 37.8 Å². The van der Waals surface area contributed by atoms with Gasteiger partial charge in [0, 0.05) is 22.1 Å². The van der Waals surface area contributed by atoms with Crippen LogP contribution in [0.5, 0.6) is 0 Å². The molecule has 0 aromatic heterocycles. The van der Waals surface area contributed by atoms with Gasteiger partial charge in [-0.15, -0.1) is 0 Å². The van der Waals surface area contributed by atoms with Crippen LogP contribution in [0, 0.1) is 0 Å². The first-order valence-corrected chi connectivity index (χ1v) is 9.77. The van der Waals surface area contributed by atoms with Crippen molar-refractivity contribution in [2.75, 3.05) is 13.7 Å². The summed E-state index contributed by atoms with van der Waals surface area (Å²) in [4.78, 5) is 2.92. The Balaban J connectivity index is 1.64. The van der Waals surface area contributed by atoms with Crippen LogP contribution < -0.4 is 0 Å². The lowest BCUT2D eigenvalue weighted by atomic mass is 10.1. The summed E-state index contributed by atoms with van der Waals surface area (Å²) in [5.74, 6) is 0. The average molecular weight is 438 g/mol. The Hall–Kier alpha value is -1.83. The van der Waals surface area contributed by atoms with Gasteiger partial charge in [0.2, 0.25) is 0 Å². The molecule has 1 heterocycles. The lowest BCUT2D eigenvalue weighted by Gasteiger charge is -2.21. The third-order valence-corrected chi connectivity index (χ3v) is 5.03. The normalized spacial score (nSPS) is 23.7. The Morgan fingerprint density at radius 3 is 2.14 bits per heavy atom. The predicted molar refractivity (Wildman–Crippen MR) is 110 cm³/mol. The highest BCUT2D eigenvalue weighted by Gasteiger charge is 2.45. The van der Waals surface area contributed by atoms with E-state index in [1.54, 1.807) is 12.1 Å². The van der Waals surface area contributed by atoms with Crippen molar-refractivity contribution in [2.24, 2.45) is 5.11 Å². The highest BCUT2D eigenvalue weighted by atomic mass is 35.5. The molecular formula is C20H21Cl2N3O4. The number of nitrogens with zero attached hydrogens (tertiary/aromatic N) is 3. The van der Waals surface area contributed by atoms with E-state index in [1.165, 1.54) is 7.11 Å². The van der Waals surface area contributed by atoms with Gasteiger partial charge in [0.25, 0.3) is 0 Å². The second-order valence-corrected chi connectivity index (χ2v) is 7.39. The van der Waals surface area contributed by atoms with Crippen LogP contribution in [0.4, 0.5) is 0 Å². The zero-order valence-electron chi connectivity index (χ0n) is 15.8. The van der Waals surface area contributed by atoms with Gasteiger partial charge in [0.1, 0.15) is 12.1 Å². The molecule has 2 aromatic carbocycles. The molecule has 29 heavy (non-hydrogen) atoms. The van der Waals surface area contributed by atoms with Gasteiger partial charge in [-0.25, -0.2) is 0 Å². The average Bonchev–Trinajstić information content (AvgIpc) is 3.06. The Bertz CT molecular complexity index is 829. The molecule has 2 aromatic rings. The Labute approximate surface area is 179 Å². The molecule has 0 saturated carbocycles. The van der Waals surface area contributed by atoms with E-state index in [0.29, 0.717) is 23.3 Å². The van der Waals surface area contributed by atoms with Gasteiger partial charge in [-0.2, -0.15) is 0 Å². The van der Waals surface area contributed by atoms with Crippen LogP contribution in [0.15, 0.2) is 53.6 Å². The monoisotopic (exact) mass is 437 g/mol. The van der Waals surface area contributed by atoms with E-state index < -0.39 is 24.5 Å². The third-order valence-electron chi connectivity index (χ3n) is 4.53. The molecule has 154 valence electrons. The van der Waals surface area contributed by atoms with E-state index in [1.807, 2.05) is 36.4 Å². The fourth-order valence-electron chi connectivity index (χ4n) is 3.07. The second kappa shape index (κ2) is 10.8. The summed E-state index contributed by atoms with van der Waals surface area (Å²) in [6, 6.07) is 14.1. The first-order chi connectivity index (χ1) is 14.1. The number of hydrogen-bond donors (Lipinski definition) is 0. The molecule has 0 bridgehead atoms. The second-order valence-electron chi connectivity index (χ2n) is 6.52. The van der Waals surface area contributed by atoms with Crippen molar-refractivity contribution in [3.8, 4) is 0 Å². The maximum Gasteiger partial charge on any atom is 0.168 e. The van der Waals surface area contributed by atoms with Gasteiger partial charge in [-0.1, -0.05) is 52.6 Å². The van der Waals surface area contributed by atoms with Crippen molar-refractivity contribution in [3.05, 3.63) is 80.1 Å². The summed E-state index contributed by atoms with van der Waals surface area (Å²) in [7, 11) is 1.50. The number of benzene rings is 2. The number of hydrogen-bond acceptors (Lipinski definition) is 5. The minimum atomic E-state index is -0.703. The van der Waals surface area contributed by atoms with Crippen molar-refractivity contribution >= 4 is 23.2 Å². The van der Waals surface area contributed by atoms with Crippen LogP contribution in [-0.4, -0.2) is 38.3 Å². The van der Waals surface area contributed by atoms with Crippen molar-refractivity contribution in [3.63, 3.8) is 0 Å². The molecular weight excluding hydrogens is 417 g/mol. The Morgan fingerprint density at radius 1 is 1.00 bits per heavy atom. The van der Waals surface area contributed by atoms with Gasteiger partial charge < -0.3 is 18.9 Å². The lowest BCUT2D eigenvalue weighted by Crippen LogP contribution is -2.36. The first kappa shape index (κ1) is 21.9. The summed E-state index contributed by atoms with van der Waals surface area (Å²) in [5.41, 5.74) is 10.9. The Morgan fingerprint density at radius 2 is 1.59 bits per heavy atom. The van der Waals surface area contributed by atoms with Crippen molar-refractivity contribution in [1.29, 1.82) is 0 Å². The minimum absolute atomic E-state index is 0.255. The zero-order valence-corrected chi connectivity index (χ0v) is 17.3. The molecule has 1 fully saturated rings. The Kier molecular flexibility index (Phi) is 8.15. The molecule has 1 aliphatic heterocycles. The number of ether oxygens (including phenoxy) is 4. The van der Waals surface area contributed by atoms with Crippen molar-refractivity contribution < 1.29 is 18.9 Å². The van der Waals surface area contributed by atoms with Gasteiger partial charge in [0.15, 0.2) is 6.29 Å². The number of halogens is 2. The number of rotatable bonds is 9. The van der Waals surface area contributed by atoms with E-state index in [-0.39, 0.29) is 6.61 Å². The molecule has 1 saturated heterocycles. The number of azide groups is 1. The van der Waals surface area contributed by atoms with Gasteiger partial charge in [-0.05, 0) is 40.9 Å². The summed E-state index contributed by atoms with van der Waals surface area (Å²) >= 11 is 11.8. The minimum Gasteiger partial charge on any atom is -0.374 e. The highest BCUT2D eigenvalue weighted by Crippen LogP contribution is 2.29. The quantitative estimate of drug-likeness (QED) is 0.308. The van der Waals surface area contributed by atoms with Crippen LogP contribution in [0.2, 0.25) is 10.0 Å². The SMILES string of the molecule is CO[C@@H]1O[C@@H](COCc2ccc(Cl)cc2)[C@@H](OCc2ccc(Cl)cc2)[C@@H]1N=[N+]=[N-]. The molecule has 0 unspecified atom stereocenters. The summed E-state index contributed by atoms with van der Waals surface area (Å²) in [5, 5.41) is 5.14. The molecule has 9 heteroatoms. The molecule has 0 aliphatic carbocycles. The van der Waals surface area contributed by atoms with Crippen LogP contribution in [-0.2, 0) is 32.2 Å². The van der Waals surface area contributed by atoms with Gasteiger partial charge in [-0.3, -0.25) is 0 Å². The highest BCUT2D eigenvalue weighted by molar-refractivity contribution is 6.30. The van der Waals surface area contributed by atoms with E-state index in [0.717, 1.165) is 11.1 Å². The summed E-state index contributed by atoms with van der Waals surface area (Å²) < 4.78 is 23.1. The van der Waals surface area contributed by atoms with Crippen LogP contribution in [0.1, 0.15) is 11.1 Å². The van der Waals surface area contributed by atoms with Crippen LogP contribution >= 0.6 is 23.2 Å². The van der Waals surface area contributed by atoms with E-state index in [2.05, 4.69) is 10.0 Å². The zero-order chi connectivity index (χ0) is 20.6. The van der Waals surface area contributed by atoms with E-state index in [4.69, 9.17) is 47.7 Å². The van der Waals surface area contributed by atoms with Gasteiger partial charge in [0.05, 0.1) is 25.9 Å². The molecule has 4 atom stereocenters. The fourth-order valence-corrected chi connectivity index (χ4v) is 3.32. The largest absolute Gasteiger partial charge is 0.374 e. The maximum absolute atomic E-state index is 8.94. The lowest BCUT2D eigenvalue weighted by molar-refractivity contribution is -0.139. The van der Waals surface area contributed by atoms with E-state index >= 15 is 0 Å². The predicted octanol–water partition coefficient (Wildman–Crippen LogP) is 5.15. The topological polar surface area (TPSA) is 85.7 Å². The first-order valence-electron chi connectivity index (χ1n) is 9.01. The molecule has 7 nitrogen and oxygen atoms in total. The molecule has 0 radical (unpaired) electrons. The molecule has 3 rings (SSSR count). The molecule has 0 spiro atoms. The van der Waals surface area contributed by atoms with Crippen molar-refractivity contribution in [1.82, 2.24) is 0 Å². The smallest absolute Gasteiger partial charge is 0.168 e. The third kappa shape index (κ3) is 6.07. The molecule has 0 amide bonds. The maximum atomic E-state index is 8.94. The fraction of sp³-hybridized carbons (Fsp3) is 0.400. The molecule has 1 aliphatic rings. The summed E-state index contributed by atoms with van der Waals surface area (Å²) in [6.07, 6.45) is -1.67. The van der Waals surface area contributed by atoms with Gasteiger partial charge >= 0.3 is 0 Å². The van der Waals surface area contributed by atoms with Crippen LogP contribution in [0.3, 0.4) is 0 Å². The standard InChI is InChI=1S/C20H21Cl2N3O4/c1-26-20-18(24-25-23)19(28-11-14-4-8-16(22)9-5-14)17(29-20)12-27-10-13-2-6-15(21)7-3-13/h2-9,17-20H,10-12H2,1H3/t17-,18-,19+,20+/m0/s1. The van der Waals surface area contributed by atoms with E-state index in [9.17, 15) is 0 Å².